The lowest BCUT2D eigenvalue weighted by atomic mass is 10.2. The monoisotopic (exact) mass is 534 g/mol. The zero-order valence-electron chi connectivity index (χ0n) is 22.1. The van der Waals surface area contributed by atoms with Crippen molar-refractivity contribution in [1.29, 1.82) is 0 Å². The SMILES string of the molecule is CC1CCC[Si](C)(CCCOC(=O)OCCOCCOC(=O)OCCC[Si]2(C)CCCC(C)O2)O1. The van der Waals surface area contributed by atoms with Crippen LogP contribution in [0.5, 0.6) is 0 Å². The number of hydrogen-bond acceptors (Lipinski definition) is 9. The summed E-state index contributed by atoms with van der Waals surface area (Å²) in [5.74, 6) is 0. The molecule has 2 fully saturated rings. The fourth-order valence-corrected chi connectivity index (χ4v) is 11.7. The summed E-state index contributed by atoms with van der Waals surface area (Å²) >= 11 is 0. The topological polar surface area (TPSA) is 98.8 Å². The first-order valence-electron chi connectivity index (χ1n) is 13.2. The molecule has 0 amide bonds. The summed E-state index contributed by atoms with van der Waals surface area (Å²) < 4.78 is 37.9. The first-order valence-corrected chi connectivity index (χ1v) is 18.9. The van der Waals surface area contributed by atoms with Gasteiger partial charge in [0.1, 0.15) is 13.2 Å². The van der Waals surface area contributed by atoms with E-state index in [4.69, 9.17) is 32.5 Å². The van der Waals surface area contributed by atoms with Crippen molar-refractivity contribution >= 4 is 28.9 Å². The molecule has 0 N–H and O–H groups in total. The summed E-state index contributed by atoms with van der Waals surface area (Å²) in [4.78, 5) is 23.3. The van der Waals surface area contributed by atoms with Crippen LogP contribution in [0.25, 0.3) is 0 Å². The lowest BCUT2D eigenvalue weighted by molar-refractivity contribution is 0.00605. The summed E-state index contributed by atoms with van der Waals surface area (Å²) in [6, 6.07) is 4.34. The maximum absolute atomic E-state index is 11.7. The molecule has 11 heteroatoms. The Hall–Kier alpha value is -1.15. The van der Waals surface area contributed by atoms with Crippen molar-refractivity contribution in [3.63, 3.8) is 0 Å². The number of hydrogen-bond donors (Lipinski definition) is 0. The Morgan fingerprint density at radius 2 is 1.09 bits per heavy atom. The van der Waals surface area contributed by atoms with Gasteiger partial charge in [-0.1, -0.05) is 12.8 Å². The van der Waals surface area contributed by atoms with E-state index in [0.717, 1.165) is 37.8 Å². The first kappa shape index (κ1) is 30.1. The van der Waals surface area contributed by atoms with E-state index in [-0.39, 0.29) is 26.4 Å². The predicted octanol–water partition coefficient (Wildman–Crippen LogP) is 5.64. The molecule has 2 aliphatic heterocycles. The second-order valence-corrected chi connectivity index (χ2v) is 18.5. The molecule has 0 saturated carbocycles. The summed E-state index contributed by atoms with van der Waals surface area (Å²) in [5, 5.41) is 0. The van der Waals surface area contributed by atoms with Crippen LogP contribution in [0.15, 0.2) is 0 Å². The van der Waals surface area contributed by atoms with E-state index in [1.165, 1.54) is 24.9 Å². The number of ether oxygens (including phenoxy) is 5. The Morgan fingerprint density at radius 3 is 1.49 bits per heavy atom. The Kier molecular flexibility index (Phi) is 13.6. The van der Waals surface area contributed by atoms with Gasteiger partial charge >= 0.3 is 12.3 Å². The minimum absolute atomic E-state index is 0.0831. The average Bonchev–Trinajstić information content (AvgIpc) is 2.79. The maximum Gasteiger partial charge on any atom is 0.508 e. The molecule has 0 aromatic heterocycles. The molecule has 0 aromatic rings. The van der Waals surface area contributed by atoms with E-state index in [1.807, 2.05) is 0 Å². The Balaban J connectivity index is 1.37. The fourth-order valence-electron chi connectivity index (χ4n) is 4.86. The van der Waals surface area contributed by atoms with Gasteiger partial charge in [0.2, 0.25) is 0 Å². The summed E-state index contributed by atoms with van der Waals surface area (Å²) in [7, 11) is -3.29. The van der Waals surface area contributed by atoms with E-state index >= 15 is 0 Å². The molecule has 0 aliphatic carbocycles. The molecular formula is C24H46O9Si2. The number of rotatable bonds is 14. The predicted molar refractivity (Wildman–Crippen MR) is 137 cm³/mol. The van der Waals surface area contributed by atoms with Crippen LogP contribution in [0, 0.1) is 0 Å². The van der Waals surface area contributed by atoms with Crippen LogP contribution in [-0.4, -0.2) is 80.8 Å². The van der Waals surface area contributed by atoms with Crippen LogP contribution < -0.4 is 0 Å². The highest BCUT2D eigenvalue weighted by Crippen LogP contribution is 2.31. The molecule has 204 valence electrons. The summed E-state index contributed by atoms with van der Waals surface area (Å²) in [6.45, 7) is 10.0. The van der Waals surface area contributed by atoms with Crippen LogP contribution >= 0.6 is 0 Å². The largest absolute Gasteiger partial charge is 0.508 e. The van der Waals surface area contributed by atoms with Gasteiger partial charge in [0.05, 0.1) is 26.4 Å². The summed E-state index contributed by atoms with van der Waals surface area (Å²) in [5.41, 5.74) is 0. The van der Waals surface area contributed by atoms with E-state index < -0.39 is 28.9 Å². The lowest BCUT2D eigenvalue weighted by Gasteiger charge is -2.35. The smallest absolute Gasteiger partial charge is 0.434 e. The molecule has 0 aromatic carbocycles. The van der Waals surface area contributed by atoms with Gasteiger partial charge in [0.25, 0.3) is 0 Å². The summed E-state index contributed by atoms with van der Waals surface area (Å²) in [6.07, 6.45) is 5.65. The van der Waals surface area contributed by atoms with Crippen molar-refractivity contribution in [1.82, 2.24) is 0 Å². The molecule has 9 nitrogen and oxygen atoms in total. The Labute approximate surface area is 212 Å². The zero-order chi connectivity index (χ0) is 25.6. The van der Waals surface area contributed by atoms with Crippen LogP contribution in [-0.2, 0) is 32.5 Å². The number of carbonyl (C=O) groups excluding carboxylic acids is 2. The van der Waals surface area contributed by atoms with E-state index in [1.54, 1.807) is 0 Å². The molecule has 4 atom stereocenters. The number of carbonyl (C=O) groups is 2. The highest BCUT2D eigenvalue weighted by Gasteiger charge is 2.34. The van der Waals surface area contributed by atoms with Gasteiger partial charge < -0.3 is 32.5 Å². The van der Waals surface area contributed by atoms with Crippen LogP contribution in [0.1, 0.15) is 52.4 Å². The Bertz CT molecular complexity index is 586. The van der Waals surface area contributed by atoms with Crippen molar-refractivity contribution in [3.05, 3.63) is 0 Å². The van der Waals surface area contributed by atoms with Crippen molar-refractivity contribution in [3.8, 4) is 0 Å². The van der Waals surface area contributed by atoms with Gasteiger partial charge in [-0.05, 0) is 76.8 Å². The maximum atomic E-state index is 11.7. The highest BCUT2D eigenvalue weighted by atomic mass is 28.4. The van der Waals surface area contributed by atoms with Crippen molar-refractivity contribution in [2.45, 2.75) is 102 Å². The zero-order valence-corrected chi connectivity index (χ0v) is 24.1. The third-order valence-electron chi connectivity index (χ3n) is 6.64. The van der Waals surface area contributed by atoms with Crippen molar-refractivity contribution < 1.29 is 42.1 Å². The molecule has 0 bridgehead atoms. The molecule has 35 heavy (non-hydrogen) atoms. The lowest BCUT2D eigenvalue weighted by Crippen LogP contribution is -2.41. The minimum atomic E-state index is -1.65. The van der Waals surface area contributed by atoms with Crippen molar-refractivity contribution in [2.24, 2.45) is 0 Å². The van der Waals surface area contributed by atoms with Gasteiger partial charge in [0, 0.05) is 12.2 Å². The molecule has 2 aliphatic rings. The third-order valence-corrected chi connectivity index (χ3v) is 14.2. The second kappa shape index (κ2) is 15.9. The molecular weight excluding hydrogens is 488 g/mol. The van der Waals surface area contributed by atoms with Gasteiger partial charge in [-0.25, -0.2) is 9.59 Å². The van der Waals surface area contributed by atoms with Gasteiger partial charge in [0.15, 0.2) is 16.6 Å². The molecule has 2 saturated heterocycles. The van der Waals surface area contributed by atoms with Gasteiger partial charge in [-0.2, -0.15) is 0 Å². The highest BCUT2D eigenvalue weighted by molar-refractivity contribution is 6.73. The van der Waals surface area contributed by atoms with Crippen LogP contribution in [0.3, 0.4) is 0 Å². The second-order valence-electron chi connectivity index (χ2n) is 10.3. The van der Waals surface area contributed by atoms with E-state index in [2.05, 4.69) is 26.9 Å². The van der Waals surface area contributed by atoms with Crippen molar-refractivity contribution in [2.75, 3.05) is 39.6 Å². The Morgan fingerprint density at radius 1 is 0.686 bits per heavy atom. The minimum Gasteiger partial charge on any atom is -0.434 e. The average molecular weight is 535 g/mol. The molecule has 2 heterocycles. The quantitative estimate of drug-likeness (QED) is 0.159. The molecule has 4 unspecified atom stereocenters. The molecule has 0 spiro atoms. The van der Waals surface area contributed by atoms with Gasteiger partial charge in [-0.3, -0.25) is 0 Å². The van der Waals surface area contributed by atoms with Crippen LogP contribution in [0.4, 0.5) is 9.59 Å². The fraction of sp³-hybridized carbons (Fsp3) is 0.917. The first-order chi connectivity index (χ1) is 16.7. The van der Waals surface area contributed by atoms with Crippen LogP contribution in [0.2, 0.25) is 37.3 Å². The normalized spacial score (nSPS) is 28.8. The van der Waals surface area contributed by atoms with E-state index in [9.17, 15) is 9.59 Å². The third kappa shape index (κ3) is 13.1. The molecule has 2 rings (SSSR count). The van der Waals surface area contributed by atoms with Gasteiger partial charge in [-0.15, -0.1) is 0 Å². The standard InChI is InChI=1S/C24H46O9Si2/c1-21-9-5-17-34(3,32-21)19-7-11-28-23(25)30-15-13-27-14-16-31-24(26)29-12-8-20-35(4)18-6-10-22(2)33-35/h21-22H,5-20H2,1-4H3. The van der Waals surface area contributed by atoms with E-state index in [0.29, 0.717) is 25.4 Å². The molecule has 0 radical (unpaired) electrons.